The molecule has 0 amide bonds. The quantitative estimate of drug-likeness (QED) is 0.766. The molecule has 0 aliphatic carbocycles. The number of hydrogen-bond acceptors (Lipinski definition) is 3. The van der Waals surface area contributed by atoms with Gasteiger partial charge >= 0.3 is 0 Å². The van der Waals surface area contributed by atoms with Crippen LogP contribution < -0.4 is 0 Å². The third-order valence-corrected chi connectivity index (χ3v) is 1.96. The highest BCUT2D eigenvalue weighted by Gasteiger charge is 2.03. The van der Waals surface area contributed by atoms with Crippen molar-refractivity contribution in [3.05, 3.63) is 34.3 Å². The molecule has 0 bridgehead atoms. The largest absolute Gasteiger partial charge is 0.481 e. The van der Waals surface area contributed by atoms with Gasteiger partial charge in [-0.05, 0) is 17.7 Å². The van der Waals surface area contributed by atoms with Crippen molar-refractivity contribution in [1.82, 2.24) is 0 Å². The van der Waals surface area contributed by atoms with Gasteiger partial charge in [-0.25, -0.2) is 0 Å². The summed E-state index contributed by atoms with van der Waals surface area (Å²) in [6.45, 7) is 0.849. The van der Waals surface area contributed by atoms with Crippen LogP contribution in [0.4, 0.5) is 0 Å². The van der Waals surface area contributed by atoms with E-state index in [-0.39, 0.29) is 6.61 Å². The van der Waals surface area contributed by atoms with E-state index in [0.717, 1.165) is 17.0 Å². The maximum atomic E-state index is 9.15. The average molecular weight is 277 g/mol. The molecule has 0 saturated heterocycles. The van der Waals surface area contributed by atoms with Gasteiger partial charge in [-0.1, -0.05) is 28.1 Å². The van der Waals surface area contributed by atoms with Crippen LogP contribution in [0, 0.1) is 0 Å². The van der Waals surface area contributed by atoms with E-state index in [9.17, 15) is 0 Å². The number of carbonyl (C=O) groups is 1. The van der Waals surface area contributed by atoms with Crippen molar-refractivity contribution < 1.29 is 20.1 Å². The highest BCUT2D eigenvalue weighted by atomic mass is 79.9. The Labute approximate surface area is 96.3 Å². The number of hydrogen-bond donors (Lipinski definition) is 3. The van der Waals surface area contributed by atoms with Gasteiger partial charge in [0.05, 0.1) is 6.61 Å². The Morgan fingerprint density at radius 3 is 2.13 bits per heavy atom. The van der Waals surface area contributed by atoms with Crippen molar-refractivity contribution >= 4 is 21.9 Å². The Morgan fingerprint density at radius 2 is 1.80 bits per heavy atom. The summed E-state index contributed by atoms with van der Waals surface area (Å²) < 4.78 is 0.964. The Kier molecular flexibility index (Phi) is 6.94. The van der Waals surface area contributed by atoms with Crippen molar-refractivity contribution in [2.45, 2.75) is 13.0 Å². The molecule has 1 aromatic carbocycles. The fraction of sp³-hybridized carbons (Fsp3) is 0.300. The molecule has 0 spiro atoms. The average Bonchev–Trinajstić information content (AvgIpc) is 2.17. The molecule has 0 radical (unpaired) electrons. The summed E-state index contributed by atoms with van der Waals surface area (Å²) in [7, 11) is 0. The van der Waals surface area contributed by atoms with Gasteiger partial charge in [-0.15, -0.1) is 0 Å². The van der Waals surface area contributed by atoms with E-state index >= 15 is 0 Å². The Bertz CT molecular complexity index is 293. The minimum atomic E-state index is -0.833. The van der Waals surface area contributed by atoms with Gasteiger partial charge in [0.2, 0.25) is 0 Å². The normalized spacial score (nSPS) is 11.2. The first kappa shape index (κ1) is 14.1. The predicted octanol–water partition coefficient (Wildman–Crippen LogP) is 1.57. The van der Waals surface area contributed by atoms with Crippen LogP contribution >= 0.6 is 15.9 Å². The molecule has 1 rings (SSSR count). The van der Waals surface area contributed by atoms with Gasteiger partial charge in [0.15, 0.2) is 0 Å². The van der Waals surface area contributed by atoms with Gasteiger partial charge in [-0.2, -0.15) is 0 Å². The molecule has 84 valence electrons. The molecule has 3 N–H and O–H groups in total. The monoisotopic (exact) mass is 276 g/mol. The second kappa shape index (κ2) is 7.39. The summed E-state index contributed by atoms with van der Waals surface area (Å²) in [6.07, 6.45) is -0.761. The van der Waals surface area contributed by atoms with E-state index in [1.54, 1.807) is 12.1 Å². The van der Waals surface area contributed by atoms with Crippen LogP contribution in [0.1, 0.15) is 18.6 Å². The van der Waals surface area contributed by atoms with E-state index in [4.69, 9.17) is 20.1 Å². The molecule has 15 heavy (non-hydrogen) atoms. The van der Waals surface area contributed by atoms with Gasteiger partial charge in [0.1, 0.15) is 6.10 Å². The first-order chi connectivity index (χ1) is 6.97. The standard InChI is InChI=1S/C8H9BrO2.C2H4O2/c9-7-3-1-6(2-4-7)8(11)5-10;1-2(3)4/h1-4,8,10-11H,5H2;1H3,(H,3,4). The molecule has 1 atom stereocenters. The predicted molar refractivity (Wildman–Crippen MR) is 59.5 cm³/mol. The van der Waals surface area contributed by atoms with Crippen LogP contribution in [0.25, 0.3) is 0 Å². The zero-order valence-electron chi connectivity index (χ0n) is 8.22. The summed E-state index contributed by atoms with van der Waals surface area (Å²) >= 11 is 3.27. The molecule has 5 heteroatoms. The number of halogens is 1. The Balaban J connectivity index is 0.000000423. The lowest BCUT2D eigenvalue weighted by atomic mass is 10.1. The van der Waals surface area contributed by atoms with Crippen LogP contribution in [-0.2, 0) is 4.79 Å². The Morgan fingerprint density at radius 1 is 1.40 bits per heavy atom. The summed E-state index contributed by atoms with van der Waals surface area (Å²) in [5.74, 6) is -0.833. The maximum absolute atomic E-state index is 9.15. The maximum Gasteiger partial charge on any atom is 0.300 e. The lowest BCUT2D eigenvalue weighted by Gasteiger charge is -2.06. The molecule has 0 fully saturated rings. The molecule has 0 saturated carbocycles. The molecule has 1 unspecified atom stereocenters. The summed E-state index contributed by atoms with van der Waals surface area (Å²) in [6, 6.07) is 7.19. The van der Waals surface area contributed by atoms with Gasteiger partial charge in [-0.3, -0.25) is 4.79 Å². The fourth-order valence-corrected chi connectivity index (χ4v) is 1.05. The van der Waals surface area contributed by atoms with Gasteiger partial charge < -0.3 is 15.3 Å². The number of aliphatic carboxylic acids is 1. The summed E-state index contributed by atoms with van der Waals surface area (Å²) in [5.41, 5.74) is 0.732. The molecule has 1 aromatic rings. The van der Waals surface area contributed by atoms with Crippen molar-refractivity contribution in [3.63, 3.8) is 0 Å². The molecule has 0 aliphatic heterocycles. The minimum Gasteiger partial charge on any atom is -0.481 e. The minimum absolute atomic E-state index is 0.234. The lowest BCUT2D eigenvalue weighted by molar-refractivity contribution is -0.134. The number of rotatable bonds is 2. The zero-order chi connectivity index (χ0) is 11.8. The third-order valence-electron chi connectivity index (χ3n) is 1.43. The Hall–Kier alpha value is -0.910. The number of carboxylic acid groups (broad SMARTS) is 1. The lowest BCUT2D eigenvalue weighted by Crippen LogP contribution is -2.01. The third kappa shape index (κ3) is 7.07. The van der Waals surface area contributed by atoms with Crippen LogP contribution in [0.2, 0.25) is 0 Å². The van der Waals surface area contributed by atoms with E-state index in [2.05, 4.69) is 15.9 Å². The number of benzene rings is 1. The highest BCUT2D eigenvalue weighted by molar-refractivity contribution is 9.10. The SMILES string of the molecule is CC(=O)O.OCC(O)c1ccc(Br)cc1. The van der Waals surface area contributed by atoms with E-state index in [1.165, 1.54) is 0 Å². The van der Waals surface area contributed by atoms with Gasteiger partial charge in [0.25, 0.3) is 5.97 Å². The van der Waals surface area contributed by atoms with E-state index in [1.807, 2.05) is 12.1 Å². The first-order valence-corrected chi connectivity index (χ1v) is 5.00. The van der Waals surface area contributed by atoms with Crippen LogP contribution in [0.5, 0.6) is 0 Å². The number of carboxylic acids is 1. The molecule has 0 aromatic heterocycles. The molecule has 0 heterocycles. The second-order valence-electron chi connectivity index (χ2n) is 2.77. The van der Waals surface area contributed by atoms with Gasteiger partial charge in [0, 0.05) is 11.4 Å². The molecule has 0 aliphatic rings. The first-order valence-electron chi connectivity index (χ1n) is 4.21. The highest BCUT2D eigenvalue weighted by Crippen LogP contribution is 2.15. The summed E-state index contributed by atoms with van der Waals surface area (Å²) in [4.78, 5) is 9.00. The van der Waals surface area contributed by atoms with E-state index < -0.39 is 12.1 Å². The van der Waals surface area contributed by atoms with E-state index in [0.29, 0.717) is 0 Å². The number of aliphatic hydroxyl groups excluding tert-OH is 2. The zero-order valence-corrected chi connectivity index (χ0v) is 9.81. The number of aliphatic hydroxyl groups is 2. The van der Waals surface area contributed by atoms with Crippen LogP contribution in [-0.4, -0.2) is 27.9 Å². The summed E-state index contributed by atoms with van der Waals surface area (Å²) in [5, 5.41) is 25.2. The molecule has 4 nitrogen and oxygen atoms in total. The van der Waals surface area contributed by atoms with Crippen molar-refractivity contribution in [3.8, 4) is 0 Å². The smallest absolute Gasteiger partial charge is 0.300 e. The van der Waals surface area contributed by atoms with Crippen molar-refractivity contribution in [2.75, 3.05) is 6.61 Å². The second-order valence-corrected chi connectivity index (χ2v) is 3.68. The van der Waals surface area contributed by atoms with Crippen LogP contribution in [0.3, 0.4) is 0 Å². The molecular weight excluding hydrogens is 264 g/mol. The topological polar surface area (TPSA) is 77.8 Å². The van der Waals surface area contributed by atoms with Crippen LogP contribution in [0.15, 0.2) is 28.7 Å². The van der Waals surface area contributed by atoms with Crippen molar-refractivity contribution in [2.24, 2.45) is 0 Å². The van der Waals surface area contributed by atoms with Crippen molar-refractivity contribution in [1.29, 1.82) is 0 Å². The fourth-order valence-electron chi connectivity index (χ4n) is 0.790. The molecular formula is C10H13BrO4.